The highest BCUT2D eigenvalue weighted by Crippen LogP contribution is 2.55. The highest BCUT2D eigenvalue weighted by molar-refractivity contribution is 9.10. The first-order valence-corrected chi connectivity index (χ1v) is 17.3. The van der Waals surface area contributed by atoms with Crippen LogP contribution >= 0.6 is 27.5 Å². The first-order chi connectivity index (χ1) is 22.7. The quantitative estimate of drug-likeness (QED) is 0.249. The predicted molar refractivity (Wildman–Crippen MR) is 191 cm³/mol. The van der Waals surface area contributed by atoms with E-state index in [0.717, 1.165) is 22.5 Å². The van der Waals surface area contributed by atoms with Crippen LogP contribution in [0.3, 0.4) is 0 Å². The second-order valence-electron chi connectivity index (χ2n) is 14.5. The van der Waals surface area contributed by atoms with Crippen LogP contribution in [0.2, 0.25) is 5.02 Å². The van der Waals surface area contributed by atoms with E-state index in [9.17, 15) is 14.4 Å². The molecule has 3 aromatic rings. The van der Waals surface area contributed by atoms with Gasteiger partial charge >= 0.3 is 0 Å². The molecule has 3 aliphatic rings. The highest BCUT2D eigenvalue weighted by Gasteiger charge is 2.49. The molecule has 0 saturated heterocycles. The van der Waals surface area contributed by atoms with Gasteiger partial charge in [-0.2, -0.15) is 0 Å². The molecular weight excluding hydrogens is 692 g/mol. The molecule has 0 unspecified atom stereocenters. The Labute approximate surface area is 295 Å². The second-order valence-corrected chi connectivity index (χ2v) is 15.8. The van der Waals surface area contributed by atoms with Crippen LogP contribution in [-0.2, 0) is 20.9 Å². The van der Waals surface area contributed by atoms with Crippen molar-refractivity contribution in [3.8, 4) is 11.5 Å². The van der Waals surface area contributed by atoms with Crippen molar-refractivity contribution in [2.45, 2.75) is 65.8 Å². The first-order valence-electron chi connectivity index (χ1n) is 16.1. The Morgan fingerprint density at radius 2 is 1.48 bits per heavy atom. The topological polar surface area (TPSA) is 84.9 Å². The molecule has 1 aliphatic heterocycles. The molecule has 0 saturated carbocycles. The van der Waals surface area contributed by atoms with Crippen molar-refractivity contribution >= 4 is 50.7 Å². The number of amides is 1. The number of Topliss-reactive ketones (excluding diaryl/α,β-unsaturated/α-hetero) is 2. The number of carbonyl (C=O) groups is 3. The number of nitrogens with one attached hydrogen (secondary N) is 1. The zero-order chi connectivity index (χ0) is 34.4. The number of carbonyl (C=O) groups excluding carboxylic acids is 3. The fourth-order valence-electron chi connectivity index (χ4n) is 7.25. The van der Waals surface area contributed by atoms with E-state index < -0.39 is 5.92 Å². The SMILES string of the molecule is COc1cc(C2C3=C(CC(C)(C)CC3=O)N(Cc3ccccc3)C3=C2C(=O)CC(C)(C)C3)cc(Br)c1OCC(=O)Nc1ccc(Cl)cc1. The third-order valence-electron chi connectivity index (χ3n) is 9.27. The zero-order valence-corrected chi connectivity index (χ0v) is 30.3. The Morgan fingerprint density at radius 1 is 0.896 bits per heavy atom. The van der Waals surface area contributed by atoms with Gasteiger partial charge in [-0.25, -0.2) is 0 Å². The number of allylic oxidation sites excluding steroid dienone is 4. The van der Waals surface area contributed by atoms with Crippen molar-refractivity contribution in [2.75, 3.05) is 19.0 Å². The highest BCUT2D eigenvalue weighted by atomic mass is 79.9. The molecule has 1 heterocycles. The number of halogens is 2. The van der Waals surface area contributed by atoms with Crippen molar-refractivity contribution in [1.82, 2.24) is 4.90 Å². The number of hydrogen-bond acceptors (Lipinski definition) is 6. The fourth-order valence-corrected chi connectivity index (χ4v) is 7.95. The van der Waals surface area contributed by atoms with E-state index in [1.807, 2.05) is 30.3 Å². The summed E-state index contributed by atoms with van der Waals surface area (Å²) in [5.74, 6) is -0.0460. The molecule has 48 heavy (non-hydrogen) atoms. The molecule has 250 valence electrons. The minimum absolute atomic E-state index is 0.0581. The van der Waals surface area contributed by atoms with Crippen LogP contribution in [0.1, 0.15) is 70.4 Å². The lowest BCUT2D eigenvalue weighted by atomic mass is 9.63. The lowest BCUT2D eigenvalue weighted by Crippen LogP contribution is -2.44. The van der Waals surface area contributed by atoms with E-state index in [0.29, 0.717) is 70.1 Å². The third-order valence-corrected chi connectivity index (χ3v) is 10.1. The van der Waals surface area contributed by atoms with Gasteiger partial charge in [0.2, 0.25) is 0 Å². The van der Waals surface area contributed by atoms with Crippen LogP contribution < -0.4 is 14.8 Å². The standard InChI is InChI=1S/C39H40BrClN2O5/c1-38(2)17-28-35(30(44)19-38)34(36-29(18-39(3,4)20-31(36)45)43(28)21-23-9-7-6-8-10-23)24-15-27(40)37(32(16-24)47-5)48-22-33(46)42-26-13-11-25(41)12-14-26/h6-16,34H,17-22H2,1-5H3,(H,42,46). The number of methoxy groups -OCH3 is 1. The number of rotatable bonds is 8. The van der Waals surface area contributed by atoms with E-state index in [4.69, 9.17) is 21.1 Å². The summed E-state index contributed by atoms with van der Waals surface area (Å²) < 4.78 is 12.3. The number of benzene rings is 3. The van der Waals surface area contributed by atoms with Gasteiger partial charge in [-0.1, -0.05) is 69.6 Å². The molecule has 0 radical (unpaired) electrons. The number of hydrogen-bond donors (Lipinski definition) is 1. The maximum atomic E-state index is 14.2. The van der Waals surface area contributed by atoms with E-state index in [1.165, 1.54) is 7.11 Å². The van der Waals surface area contributed by atoms with Gasteiger partial charge in [-0.05, 0) is 87.1 Å². The van der Waals surface area contributed by atoms with Gasteiger partial charge in [0.05, 0.1) is 11.6 Å². The van der Waals surface area contributed by atoms with Gasteiger partial charge in [0.1, 0.15) is 0 Å². The summed E-state index contributed by atoms with van der Waals surface area (Å²) in [6, 6.07) is 20.8. The van der Waals surface area contributed by atoms with Crippen LogP contribution in [0.5, 0.6) is 11.5 Å². The lowest BCUT2D eigenvalue weighted by Gasteiger charge is -2.49. The normalized spacial score (nSPS) is 18.8. The summed E-state index contributed by atoms with van der Waals surface area (Å²) in [6.45, 7) is 8.87. The summed E-state index contributed by atoms with van der Waals surface area (Å²) in [6.07, 6.45) is 2.22. The number of ether oxygens (including phenoxy) is 2. The van der Waals surface area contributed by atoms with Crippen LogP contribution in [0.15, 0.2) is 93.7 Å². The molecule has 1 amide bonds. The Bertz CT molecular complexity index is 1790. The van der Waals surface area contributed by atoms with Crippen LogP contribution in [0.4, 0.5) is 5.69 Å². The van der Waals surface area contributed by atoms with E-state index >= 15 is 0 Å². The predicted octanol–water partition coefficient (Wildman–Crippen LogP) is 9.01. The van der Waals surface area contributed by atoms with Crippen LogP contribution in [-0.4, -0.2) is 36.1 Å². The first kappa shape index (κ1) is 34.0. The smallest absolute Gasteiger partial charge is 0.262 e. The molecule has 0 fully saturated rings. The summed E-state index contributed by atoms with van der Waals surface area (Å²) in [4.78, 5) is 43.5. The molecule has 7 nitrogen and oxygen atoms in total. The maximum absolute atomic E-state index is 14.2. The number of ketones is 2. The Balaban J connectivity index is 1.42. The van der Waals surface area contributed by atoms with Crippen LogP contribution in [0, 0.1) is 10.8 Å². The monoisotopic (exact) mass is 730 g/mol. The zero-order valence-electron chi connectivity index (χ0n) is 27.9. The number of anilines is 1. The largest absolute Gasteiger partial charge is 0.493 e. The number of nitrogens with zero attached hydrogens (tertiary/aromatic N) is 1. The third kappa shape index (κ3) is 6.96. The van der Waals surface area contributed by atoms with Crippen molar-refractivity contribution < 1.29 is 23.9 Å². The van der Waals surface area contributed by atoms with Crippen molar-refractivity contribution in [3.63, 3.8) is 0 Å². The average molecular weight is 732 g/mol. The summed E-state index contributed by atoms with van der Waals surface area (Å²) in [5.41, 5.74) is 5.36. The molecule has 3 aromatic carbocycles. The Morgan fingerprint density at radius 3 is 2.04 bits per heavy atom. The summed E-state index contributed by atoms with van der Waals surface area (Å²) >= 11 is 9.63. The fraction of sp³-hybridized carbons (Fsp3) is 0.359. The van der Waals surface area contributed by atoms with Crippen molar-refractivity contribution in [2.24, 2.45) is 10.8 Å². The molecule has 0 spiro atoms. The molecule has 2 aliphatic carbocycles. The summed E-state index contributed by atoms with van der Waals surface area (Å²) in [7, 11) is 1.53. The maximum Gasteiger partial charge on any atom is 0.262 e. The van der Waals surface area contributed by atoms with Crippen LogP contribution in [0.25, 0.3) is 0 Å². The minimum Gasteiger partial charge on any atom is -0.493 e. The Kier molecular flexibility index (Phi) is 9.35. The van der Waals surface area contributed by atoms with Gasteiger partial charge in [0.25, 0.3) is 5.91 Å². The molecule has 1 N–H and O–H groups in total. The van der Waals surface area contributed by atoms with Gasteiger partial charge in [-0.15, -0.1) is 0 Å². The minimum atomic E-state index is -0.554. The molecule has 0 bridgehead atoms. The van der Waals surface area contributed by atoms with Gasteiger partial charge in [0, 0.05) is 58.6 Å². The van der Waals surface area contributed by atoms with Gasteiger partial charge < -0.3 is 19.7 Å². The molecule has 0 aromatic heterocycles. The molecule has 9 heteroatoms. The van der Waals surface area contributed by atoms with Gasteiger partial charge in [-0.3, -0.25) is 14.4 Å². The lowest BCUT2D eigenvalue weighted by molar-refractivity contribution is -0.120. The molecular formula is C39H40BrClN2O5. The average Bonchev–Trinajstić information content (AvgIpc) is 3.01. The molecule has 6 rings (SSSR count). The van der Waals surface area contributed by atoms with Gasteiger partial charge in [0.15, 0.2) is 29.7 Å². The van der Waals surface area contributed by atoms with Crippen molar-refractivity contribution in [1.29, 1.82) is 0 Å². The van der Waals surface area contributed by atoms with E-state index in [1.54, 1.807) is 24.3 Å². The van der Waals surface area contributed by atoms with E-state index in [2.05, 4.69) is 66.0 Å². The summed E-state index contributed by atoms with van der Waals surface area (Å²) in [5, 5.41) is 3.37. The molecule has 0 atom stereocenters. The Hall–Kier alpha value is -3.88. The second kappa shape index (κ2) is 13.2. The van der Waals surface area contributed by atoms with E-state index in [-0.39, 0.29) is 34.9 Å². The van der Waals surface area contributed by atoms with Crippen molar-refractivity contribution in [3.05, 3.63) is 110 Å².